The van der Waals surface area contributed by atoms with Crippen molar-refractivity contribution in [2.45, 2.75) is 53.3 Å². The molecule has 0 saturated carbocycles. The molecular formula is C17H27F2N3O2. The molecule has 1 atom stereocenters. The summed E-state index contributed by atoms with van der Waals surface area (Å²) in [6.07, 6.45) is 0.985. The maximum absolute atomic E-state index is 12.4. The normalized spacial score (nSPS) is 12.9. The SMILES string of the molecule is CCNC(=NCc1ccc(OC(F)F)c(OCC)c1)NC(C)CC. The number of rotatable bonds is 9. The van der Waals surface area contributed by atoms with Crippen LogP contribution in [0.25, 0.3) is 0 Å². The minimum atomic E-state index is -2.88. The van der Waals surface area contributed by atoms with Crippen LogP contribution < -0.4 is 20.1 Å². The molecule has 24 heavy (non-hydrogen) atoms. The van der Waals surface area contributed by atoms with Crippen molar-refractivity contribution in [3.8, 4) is 11.5 Å². The molecule has 0 heterocycles. The van der Waals surface area contributed by atoms with Crippen LogP contribution in [0.5, 0.6) is 11.5 Å². The van der Waals surface area contributed by atoms with Gasteiger partial charge in [0, 0.05) is 12.6 Å². The van der Waals surface area contributed by atoms with Crippen molar-refractivity contribution in [3.63, 3.8) is 0 Å². The van der Waals surface area contributed by atoms with Gasteiger partial charge in [-0.1, -0.05) is 13.0 Å². The quantitative estimate of drug-likeness (QED) is 0.532. The van der Waals surface area contributed by atoms with Gasteiger partial charge >= 0.3 is 6.61 Å². The van der Waals surface area contributed by atoms with Crippen molar-refractivity contribution < 1.29 is 18.3 Å². The fourth-order valence-electron chi connectivity index (χ4n) is 1.94. The van der Waals surface area contributed by atoms with Crippen LogP contribution in [0.2, 0.25) is 0 Å². The predicted molar refractivity (Wildman–Crippen MR) is 91.9 cm³/mol. The van der Waals surface area contributed by atoms with Crippen LogP contribution in [0.4, 0.5) is 8.78 Å². The number of nitrogens with zero attached hydrogens (tertiary/aromatic N) is 1. The second-order valence-corrected chi connectivity index (χ2v) is 5.24. The smallest absolute Gasteiger partial charge is 0.387 e. The van der Waals surface area contributed by atoms with E-state index in [1.54, 1.807) is 19.1 Å². The van der Waals surface area contributed by atoms with E-state index in [1.165, 1.54) is 6.07 Å². The zero-order chi connectivity index (χ0) is 17.9. The number of hydrogen-bond donors (Lipinski definition) is 2. The second kappa shape index (κ2) is 10.7. The van der Waals surface area contributed by atoms with Gasteiger partial charge in [-0.05, 0) is 44.9 Å². The lowest BCUT2D eigenvalue weighted by atomic mass is 10.2. The molecule has 136 valence electrons. The lowest BCUT2D eigenvalue weighted by Gasteiger charge is -2.16. The Kier molecular flexibility index (Phi) is 8.89. The van der Waals surface area contributed by atoms with E-state index in [4.69, 9.17) is 4.74 Å². The third-order valence-corrected chi connectivity index (χ3v) is 3.28. The topological polar surface area (TPSA) is 54.9 Å². The third kappa shape index (κ3) is 7.02. The van der Waals surface area contributed by atoms with Crippen LogP contribution in [-0.4, -0.2) is 31.8 Å². The second-order valence-electron chi connectivity index (χ2n) is 5.24. The number of nitrogens with one attached hydrogen (secondary N) is 2. The van der Waals surface area contributed by atoms with E-state index in [9.17, 15) is 8.78 Å². The van der Waals surface area contributed by atoms with Gasteiger partial charge in [0.2, 0.25) is 0 Å². The maximum Gasteiger partial charge on any atom is 0.387 e. The van der Waals surface area contributed by atoms with E-state index in [-0.39, 0.29) is 5.75 Å². The summed E-state index contributed by atoms with van der Waals surface area (Å²) in [5.41, 5.74) is 0.849. The Morgan fingerprint density at radius 1 is 1.21 bits per heavy atom. The van der Waals surface area contributed by atoms with Gasteiger partial charge in [-0.15, -0.1) is 0 Å². The zero-order valence-electron chi connectivity index (χ0n) is 14.7. The molecule has 0 spiro atoms. The molecule has 0 aromatic heterocycles. The highest BCUT2D eigenvalue weighted by atomic mass is 19.3. The highest BCUT2D eigenvalue weighted by Gasteiger charge is 2.11. The number of aliphatic imine (C=N–C) groups is 1. The van der Waals surface area contributed by atoms with Crippen molar-refractivity contribution in [2.75, 3.05) is 13.2 Å². The van der Waals surface area contributed by atoms with E-state index in [0.29, 0.717) is 24.9 Å². The summed E-state index contributed by atoms with van der Waals surface area (Å²) < 4.78 is 34.7. The summed E-state index contributed by atoms with van der Waals surface area (Å²) in [5, 5.41) is 6.48. The lowest BCUT2D eigenvalue weighted by Crippen LogP contribution is -2.41. The molecule has 0 radical (unpaired) electrons. The number of guanidine groups is 1. The minimum Gasteiger partial charge on any atom is -0.490 e. The molecule has 5 nitrogen and oxygen atoms in total. The highest BCUT2D eigenvalue weighted by Crippen LogP contribution is 2.30. The molecule has 0 aliphatic heterocycles. The van der Waals surface area contributed by atoms with Crippen LogP contribution >= 0.6 is 0 Å². The highest BCUT2D eigenvalue weighted by molar-refractivity contribution is 5.80. The van der Waals surface area contributed by atoms with Crippen LogP contribution in [0, 0.1) is 0 Å². The van der Waals surface area contributed by atoms with E-state index in [0.717, 1.165) is 24.5 Å². The number of halogens is 2. The molecule has 0 aliphatic rings. The van der Waals surface area contributed by atoms with Crippen LogP contribution in [0.15, 0.2) is 23.2 Å². The first-order chi connectivity index (χ1) is 11.5. The largest absolute Gasteiger partial charge is 0.490 e. The molecule has 1 aromatic carbocycles. The van der Waals surface area contributed by atoms with Crippen molar-refractivity contribution in [1.82, 2.24) is 10.6 Å². The van der Waals surface area contributed by atoms with Gasteiger partial charge in [0.15, 0.2) is 17.5 Å². The molecule has 0 amide bonds. The Morgan fingerprint density at radius 3 is 2.54 bits per heavy atom. The lowest BCUT2D eigenvalue weighted by molar-refractivity contribution is -0.0514. The Labute approximate surface area is 142 Å². The monoisotopic (exact) mass is 343 g/mol. The van der Waals surface area contributed by atoms with Gasteiger partial charge < -0.3 is 20.1 Å². The minimum absolute atomic E-state index is 0.0317. The predicted octanol–water partition coefficient (Wildman–Crippen LogP) is 3.54. The summed E-state index contributed by atoms with van der Waals surface area (Å²) in [7, 11) is 0. The van der Waals surface area contributed by atoms with E-state index in [2.05, 4.69) is 34.2 Å². The molecule has 0 aliphatic carbocycles. The fraction of sp³-hybridized carbons (Fsp3) is 0.588. The first-order valence-electron chi connectivity index (χ1n) is 8.25. The number of ether oxygens (including phenoxy) is 2. The molecule has 0 saturated heterocycles. The van der Waals surface area contributed by atoms with Crippen LogP contribution in [-0.2, 0) is 6.54 Å². The summed E-state index contributed by atoms with van der Waals surface area (Å²) in [5.74, 6) is 1.05. The van der Waals surface area contributed by atoms with Crippen molar-refractivity contribution >= 4 is 5.96 Å². The first-order valence-corrected chi connectivity index (χ1v) is 8.25. The summed E-state index contributed by atoms with van der Waals surface area (Å²) >= 11 is 0. The third-order valence-electron chi connectivity index (χ3n) is 3.28. The average molecular weight is 343 g/mol. The molecule has 1 aromatic rings. The van der Waals surface area contributed by atoms with Gasteiger partial charge in [0.1, 0.15) is 0 Å². The van der Waals surface area contributed by atoms with Crippen molar-refractivity contribution in [1.29, 1.82) is 0 Å². The number of hydrogen-bond acceptors (Lipinski definition) is 3. The Morgan fingerprint density at radius 2 is 1.96 bits per heavy atom. The van der Waals surface area contributed by atoms with E-state index in [1.807, 2.05) is 6.92 Å². The molecule has 2 N–H and O–H groups in total. The average Bonchev–Trinajstić information content (AvgIpc) is 2.54. The van der Waals surface area contributed by atoms with Crippen molar-refractivity contribution in [2.24, 2.45) is 4.99 Å². The first kappa shape index (κ1) is 20.0. The molecule has 1 unspecified atom stereocenters. The van der Waals surface area contributed by atoms with Gasteiger partial charge in [0.05, 0.1) is 13.2 Å². The summed E-state index contributed by atoms with van der Waals surface area (Å²) in [6, 6.07) is 5.18. The van der Waals surface area contributed by atoms with Crippen LogP contribution in [0.1, 0.15) is 39.7 Å². The standard InChI is InChI=1S/C17H27F2N3O2/c1-5-12(4)22-17(20-6-2)21-11-13-8-9-14(24-16(18)19)15(10-13)23-7-3/h8-10,12,16H,5-7,11H2,1-4H3,(H2,20,21,22). The van der Waals surface area contributed by atoms with Gasteiger partial charge in [-0.2, -0.15) is 8.78 Å². The van der Waals surface area contributed by atoms with Gasteiger partial charge in [-0.3, -0.25) is 0 Å². The Hall–Kier alpha value is -2.05. The molecule has 0 bridgehead atoms. The van der Waals surface area contributed by atoms with E-state index >= 15 is 0 Å². The molecular weight excluding hydrogens is 316 g/mol. The molecule has 7 heteroatoms. The summed E-state index contributed by atoms with van der Waals surface area (Å²) in [4.78, 5) is 4.51. The fourth-order valence-corrected chi connectivity index (χ4v) is 1.94. The molecule has 1 rings (SSSR count). The Bertz CT molecular complexity index is 525. The summed E-state index contributed by atoms with van der Waals surface area (Å²) in [6.45, 7) is 6.61. The van der Waals surface area contributed by atoms with E-state index < -0.39 is 6.61 Å². The van der Waals surface area contributed by atoms with Crippen molar-refractivity contribution in [3.05, 3.63) is 23.8 Å². The number of alkyl halides is 2. The van der Waals surface area contributed by atoms with Crippen LogP contribution in [0.3, 0.4) is 0 Å². The zero-order valence-corrected chi connectivity index (χ0v) is 14.7. The van der Waals surface area contributed by atoms with Gasteiger partial charge in [-0.25, -0.2) is 4.99 Å². The maximum atomic E-state index is 12.4. The number of benzene rings is 1. The molecule has 0 fully saturated rings. The van der Waals surface area contributed by atoms with Gasteiger partial charge in [0.25, 0.3) is 0 Å². The Balaban J connectivity index is 2.88.